The summed E-state index contributed by atoms with van der Waals surface area (Å²) in [6.45, 7) is 0. The number of hydrogen-bond acceptors (Lipinski definition) is 5. The van der Waals surface area contributed by atoms with Crippen LogP contribution in [0.5, 0.6) is 0 Å². The van der Waals surface area contributed by atoms with Crippen LogP contribution in [-0.4, -0.2) is 19.5 Å². The van der Waals surface area contributed by atoms with Gasteiger partial charge in [-0.15, -0.1) is 11.3 Å². The third-order valence-electron chi connectivity index (χ3n) is 15.1. The third-order valence-corrected chi connectivity index (χ3v) is 16.2. The van der Waals surface area contributed by atoms with E-state index in [0.29, 0.717) is 17.5 Å². The number of furan rings is 1. The molecule has 16 rings (SSSR count). The Labute approximate surface area is 405 Å². The number of hydrogen-bond donors (Lipinski definition) is 0. The van der Waals surface area contributed by atoms with Crippen molar-refractivity contribution in [1.29, 1.82) is 0 Å². The molecule has 6 heteroatoms. The summed E-state index contributed by atoms with van der Waals surface area (Å²) in [5, 5.41) is 6.82. The Morgan fingerprint density at radius 2 is 1.03 bits per heavy atom. The zero-order valence-corrected chi connectivity index (χ0v) is 38.2. The molecule has 0 radical (unpaired) electrons. The van der Waals surface area contributed by atoms with Gasteiger partial charge < -0.3 is 8.98 Å². The van der Waals surface area contributed by atoms with Crippen LogP contribution >= 0.6 is 11.3 Å². The van der Waals surface area contributed by atoms with Crippen LogP contribution in [0.4, 0.5) is 0 Å². The second kappa shape index (κ2) is 14.0. The van der Waals surface area contributed by atoms with Gasteiger partial charge in [0.15, 0.2) is 17.5 Å². The Morgan fingerprint density at radius 3 is 1.84 bits per heavy atom. The van der Waals surface area contributed by atoms with Gasteiger partial charge in [-0.25, -0.2) is 15.0 Å². The fourth-order valence-corrected chi connectivity index (χ4v) is 13.3. The van der Waals surface area contributed by atoms with Gasteiger partial charge in [0.2, 0.25) is 0 Å². The fourth-order valence-electron chi connectivity index (χ4n) is 12.2. The predicted molar refractivity (Wildman–Crippen MR) is 287 cm³/mol. The zero-order chi connectivity index (χ0) is 45.7. The molecule has 324 valence electrons. The number of aromatic nitrogens is 4. The summed E-state index contributed by atoms with van der Waals surface area (Å²) in [6, 6.07) is 79.0. The van der Waals surface area contributed by atoms with E-state index in [4.69, 9.17) is 19.4 Å². The maximum Gasteiger partial charge on any atom is 0.164 e. The van der Waals surface area contributed by atoms with Crippen LogP contribution in [0.3, 0.4) is 0 Å². The van der Waals surface area contributed by atoms with Gasteiger partial charge in [0.1, 0.15) is 11.2 Å². The van der Waals surface area contributed by atoms with Gasteiger partial charge in [0.25, 0.3) is 0 Å². The van der Waals surface area contributed by atoms with Crippen molar-refractivity contribution >= 4 is 75.3 Å². The molecule has 2 aliphatic rings. The summed E-state index contributed by atoms with van der Waals surface area (Å²) in [6.07, 6.45) is 0. The molecule has 2 aliphatic carbocycles. The SMILES string of the molecule is c1ccc(-c2nc(-c3ccc4sc5ccccc5c4c3)nc(-c3cccc4oc5ccc(-n6c7ccccc7c7ccc8c(c76)-c6ccccc6C86c7ccccc7-c7ccccc76)cc5c34)n2)cc1. The minimum Gasteiger partial charge on any atom is -0.456 e. The molecule has 0 amide bonds. The second-order valence-electron chi connectivity index (χ2n) is 18.6. The molecule has 0 saturated heterocycles. The summed E-state index contributed by atoms with van der Waals surface area (Å²) >= 11 is 1.81. The Morgan fingerprint density at radius 1 is 0.386 bits per heavy atom. The highest BCUT2D eigenvalue weighted by Crippen LogP contribution is 2.64. The lowest BCUT2D eigenvalue weighted by molar-refractivity contribution is 0.669. The molecule has 70 heavy (non-hydrogen) atoms. The molecule has 4 heterocycles. The van der Waals surface area contributed by atoms with Crippen LogP contribution < -0.4 is 0 Å². The summed E-state index contributed by atoms with van der Waals surface area (Å²) in [4.78, 5) is 15.7. The van der Waals surface area contributed by atoms with Crippen molar-refractivity contribution in [3.63, 3.8) is 0 Å². The number of fused-ring (bicyclic) bond motifs is 20. The minimum atomic E-state index is -0.459. The first-order chi connectivity index (χ1) is 34.7. The lowest BCUT2D eigenvalue weighted by atomic mass is 9.70. The maximum absolute atomic E-state index is 6.74. The largest absolute Gasteiger partial charge is 0.456 e. The van der Waals surface area contributed by atoms with Crippen LogP contribution in [0.2, 0.25) is 0 Å². The van der Waals surface area contributed by atoms with E-state index in [0.717, 1.165) is 49.8 Å². The van der Waals surface area contributed by atoms with E-state index in [1.165, 1.54) is 81.0 Å². The number of para-hydroxylation sites is 1. The maximum atomic E-state index is 6.74. The molecule has 0 unspecified atom stereocenters. The Balaban J connectivity index is 0.946. The first-order valence-electron chi connectivity index (χ1n) is 23.8. The van der Waals surface area contributed by atoms with Crippen molar-refractivity contribution in [1.82, 2.24) is 19.5 Å². The standard InChI is InChI=1S/C64H36N4OS/c1-2-15-37(16-3-1)61-65-62(38-29-34-57-47(35-38)43-20-8-13-28-56(43)70-57)67-63(66-61)46-22-14-27-55-58(46)48-36-39(30-33-54(48)69-55)68-53-26-12-7-19-42(53)44-31-32-52-59(60(44)68)45-21-6-11-25-51(45)64(52)49-23-9-4-17-40(49)41-18-5-10-24-50(41)64/h1-36H. The van der Waals surface area contributed by atoms with Crippen LogP contribution in [0, 0.1) is 0 Å². The molecule has 5 nitrogen and oxygen atoms in total. The summed E-state index contributed by atoms with van der Waals surface area (Å²) < 4.78 is 11.7. The van der Waals surface area contributed by atoms with Crippen molar-refractivity contribution in [3.05, 3.63) is 241 Å². The van der Waals surface area contributed by atoms with Gasteiger partial charge in [0.05, 0.1) is 16.4 Å². The molecule has 0 bridgehead atoms. The van der Waals surface area contributed by atoms with Crippen LogP contribution in [0.25, 0.3) is 126 Å². The first kappa shape index (κ1) is 38.0. The topological polar surface area (TPSA) is 56.7 Å². The first-order valence-corrected chi connectivity index (χ1v) is 24.6. The Bertz CT molecular complexity index is 4510. The normalized spacial score (nSPS) is 13.3. The molecule has 0 N–H and O–H groups in total. The molecule has 10 aromatic carbocycles. The van der Waals surface area contributed by atoms with E-state index in [1.54, 1.807) is 11.3 Å². The molecular weight excluding hydrogens is 873 g/mol. The molecule has 14 aromatic rings. The molecular formula is C64H36N4OS. The van der Waals surface area contributed by atoms with Gasteiger partial charge >= 0.3 is 0 Å². The minimum absolute atomic E-state index is 0.459. The number of benzene rings is 10. The summed E-state index contributed by atoms with van der Waals surface area (Å²) in [7, 11) is 0. The number of thiophene rings is 1. The Kier molecular flexibility index (Phi) is 7.63. The highest BCUT2D eigenvalue weighted by molar-refractivity contribution is 7.25. The van der Waals surface area contributed by atoms with E-state index in [2.05, 4.69) is 199 Å². The van der Waals surface area contributed by atoms with Crippen LogP contribution in [-0.2, 0) is 5.41 Å². The molecule has 0 saturated carbocycles. The third kappa shape index (κ3) is 5.02. The Hall–Kier alpha value is -8.97. The van der Waals surface area contributed by atoms with E-state index in [1.807, 2.05) is 24.3 Å². The molecule has 0 atom stereocenters. The molecule has 0 aliphatic heterocycles. The number of nitrogens with zero attached hydrogens (tertiary/aromatic N) is 4. The van der Waals surface area contributed by atoms with Gasteiger partial charge in [-0.2, -0.15) is 0 Å². The van der Waals surface area contributed by atoms with Crippen molar-refractivity contribution in [2.75, 3.05) is 0 Å². The van der Waals surface area contributed by atoms with Crippen molar-refractivity contribution < 1.29 is 4.42 Å². The van der Waals surface area contributed by atoms with Gasteiger partial charge in [-0.1, -0.05) is 164 Å². The average molecular weight is 909 g/mol. The summed E-state index contributed by atoms with van der Waals surface area (Å²) in [5.74, 6) is 1.83. The lowest BCUT2D eigenvalue weighted by Gasteiger charge is -2.30. The van der Waals surface area contributed by atoms with E-state index >= 15 is 0 Å². The quantitative estimate of drug-likeness (QED) is 0.177. The smallest absolute Gasteiger partial charge is 0.164 e. The zero-order valence-electron chi connectivity index (χ0n) is 37.4. The highest BCUT2D eigenvalue weighted by atomic mass is 32.1. The van der Waals surface area contributed by atoms with Gasteiger partial charge in [-0.05, 0) is 93.5 Å². The molecule has 1 spiro atoms. The fraction of sp³-hybridized carbons (Fsp3) is 0.0156. The van der Waals surface area contributed by atoms with Crippen LogP contribution in [0.15, 0.2) is 223 Å². The van der Waals surface area contributed by atoms with Gasteiger partial charge in [0, 0.05) is 69.7 Å². The van der Waals surface area contributed by atoms with Gasteiger partial charge in [-0.3, -0.25) is 0 Å². The average Bonchev–Trinajstić information content (AvgIpc) is 4.22. The predicted octanol–water partition coefficient (Wildman–Crippen LogP) is 16.6. The number of rotatable bonds is 4. The van der Waals surface area contributed by atoms with Crippen molar-refractivity contribution in [2.45, 2.75) is 5.41 Å². The second-order valence-corrected chi connectivity index (χ2v) is 19.7. The van der Waals surface area contributed by atoms with Crippen LogP contribution in [0.1, 0.15) is 22.3 Å². The lowest BCUT2D eigenvalue weighted by Crippen LogP contribution is -2.25. The molecule has 4 aromatic heterocycles. The van der Waals surface area contributed by atoms with Crippen molar-refractivity contribution in [3.8, 4) is 62.1 Å². The highest BCUT2D eigenvalue weighted by Gasteiger charge is 2.52. The van der Waals surface area contributed by atoms with E-state index in [-0.39, 0.29) is 0 Å². The van der Waals surface area contributed by atoms with Crippen molar-refractivity contribution in [2.24, 2.45) is 0 Å². The monoisotopic (exact) mass is 908 g/mol. The summed E-state index contributed by atoms with van der Waals surface area (Å²) in [5.41, 5.74) is 17.7. The molecule has 0 fully saturated rings. The van der Waals surface area contributed by atoms with E-state index < -0.39 is 5.41 Å². The van der Waals surface area contributed by atoms with E-state index in [9.17, 15) is 0 Å².